The lowest BCUT2D eigenvalue weighted by Gasteiger charge is -2.15. The van der Waals surface area contributed by atoms with Crippen LogP contribution in [0.3, 0.4) is 0 Å². The number of hydrogen-bond donors (Lipinski definition) is 2. The number of rotatable bonds is 6. The minimum absolute atomic E-state index is 0.105. The molecule has 0 spiro atoms. The predicted molar refractivity (Wildman–Crippen MR) is 97.2 cm³/mol. The summed E-state index contributed by atoms with van der Waals surface area (Å²) in [6.45, 7) is 4.01. The van der Waals surface area contributed by atoms with Gasteiger partial charge in [-0.2, -0.15) is 0 Å². The van der Waals surface area contributed by atoms with Gasteiger partial charge >= 0.3 is 0 Å². The van der Waals surface area contributed by atoms with Gasteiger partial charge in [0.1, 0.15) is 23.7 Å². The Hall–Kier alpha value is -3.08. The molecule has 122 valence electrons. The van der Waals surface area contributed by atoms with E-state index in [1.54, 1.807) is 0 Å². The van der Waals surface area contributed by atoms with Crippen LogP contribution in [0.2, 0.25) is 0 Å². The standard InChI is InChI=1S/C19H20N4O/c1-14(2)24-17-11-7-6-10-16(17)23-19-12-18(20-13-21-19)22-15-8-4-3-5-9-15/h3-14H,1-2H3,(H2,20,21,22,23). The molecule has 2 N–H and O–H groups in total. The van der Waals surface area contributed by atoms with E-state index < -0.39 is 0 Å². The zero-order valence-corrected chi connectivity index (χ0v) is 13.7. The molecule has 5 heteroatoms. The minimum Gasteiger partial charge on any atom is -0.489 e. The van der Waals surface area contributed by atoms with E-state index in [1.165, 1.54) is 6.33 Å². The zero-order chi connectivity index (χ0) is 16.8. The number of hydrogen-bond acceptors (Lipinski definition) is 5. The van der Waals surface area contributed by atoms with E-state index in [2.05, 4.69) is 20.6 Å². The molecule has 0 atom stereocenters. The first-order valence-corrected chi connectivity index (χ1v) is 7.87. The largest absolute Gasteiger partial charge is 0.489 e. The normalized spacial score (nSPS) is 10.5. The molecule has 0 radical (unpaired) electrons. The molecule has 24 heavy (non-hydrogen) atoms. The molecule has 0 amide bonds. The van der Waals surface area contributed by atoms with E-state index in [-0.39, 0.29) is 6.10 Å². The summed E-state index contributed by atoms with van der Waals surface area (Å²) in [6.07, 6.45) is 1.63. The average Bonchev–Trinajstić information content (AvgIpc) is 2.57. The van der Waals surface area contributed by atoms with Crippen molar-refractivity contribution in [2.24, 2.45) is 0 Å². The third kappa shape index (κ3) is 4.23. The summed E-state index contributed by atoms with van der Waals surface area (Å²) in [5.41, 5.74) is 1.85. The van der Waals surface area contributed by atoms with Crippen molar-refractivity contribution in [1.29, 1.82) is 0 Å². The predicted octanol–water partition coefficient (Wildman–Crippen LogP) is 4.75. The van der Waals surface area contributed by atoms with Crippen molar-refractivity contribution in [2.75, 3.05) is 10.6 Å². The van der Waals surface area contributed by atoms with E-state index in [0.717, 1.165) is 22.9 Å². The van der Waals surface area contributed by atoms with Gasteiger partial charge in [0.2, 0.25) is 0 Å². The SMILES string of the molecule is CC(C)Oc1ccccc1Nc1cc(Nc2ccccc2)ncn1. The Morgan fingerprint density at radius 2 is 1.50 bits per heavy atom. The quantitative estimate of drug-likeness (QED) is 0.686. The zero-order valence-electron chi connectivity index (χ0n) is 13.7. The minimum atomic E-state index is 0.105. The van der Waals surface area contributed by atoms with Crippen molar-refractivity contribution < 1.29 is 4.74 Å². The highest BCUT2D eigenvalue weighted by Crippen LogP contribution is 2.28. The van der Waals surface area contributed by atoms with Gasteiger partial charge in [0, 0.05) is 11.8 Å². The molecule has 0 saturated carbocycles. The highest BCUT2D eigenvalue weighted by molar-refractivity contribution is 5.66. The lowest BCUT2D eigenvalue weighted by molar-refractivity contribution is 0.244. The van der Waals surface area contributed by atoms with E-state index >= 15 is 0 Å². The van der Waals surface area contributed by atoms with Crippen molar-refractivity contribution in [2.45, 2.75) is 20.0 Å². The van der Waals surface area contributed by atoms with Gasteiger partial charge in [-0.3, -0.25) is 0 Å². The molecule has 3 aromatic rings. The van der Waals surface area contributed by atoms with Crippen molar-refractivity contribution in [3.05, 3.63) is 67.0 Å². The molecule has 0 fully saturated rings. The van der Waals surface area contributed by atoms with Gasteiger partial charge in [0.15, 0.2) is 0 Å². The van der Waals surface area contributed by atoms with Gasteiger partial charge in [-0.15, -0.1) is 0 Å². The Morgan fingerprint density at radius 3 is 2.25 bits per heavy atom. The van der Waals surface area contributed by atoms with E-state index in [4.69, 9.17) is 4.74 Å². The van der Waals surface area contributed by atoms with Crippen LogP contribution in [0.25, 0.3) is 0 Å². The lowest BCUT2D eigenvalue weighted by atomic mass is 10.3. The number of nitrogens with zero attached hydrogens (tertiary/aromatic N) is 2. The van der Waals surface area contributed by atoms with Gasteiger partial charge in [-0.1, -0.05) is 30.3 Å². The first-order chi connectivity index (χ1) is 11.7. The van der Waals surface area contributed by atoms with Crippen LogP contribution >= 0.6 is 0 Å². The summed E-state index contributed by atoms with van der Waals surface area (Å²) in [7, 11) is 0. The van der Waals surface area contributed by atoms with E-state index in [9.17, 15) is 0 Å². The number of anilines is 4. The fraction of sp³-hybridized carbons (Fsp3) is 0.158. The van der Waals surface area contributed by atoms with Crippen LogP contribution in [0, 0.1) is 0 Å². The smallest absolute Gasteiger partial charge is 0.143 e. The van der Waals surface area contributed by atoms with Crippen LogP contribution in [0.4, 0.5) is 23.0 Å². The topological polar surface area (TPSA) is 59.1 Å². The Kier molecular flexibility index (Phi) is 4.91. The molecule has 0 bridgehead atoms. The van der Waals surface area contributed by atoms with E-state index in [0.29, 0.717) is 5.82 Å². The Bertz CT molecular complexity index is 790. The summed E-state index contributed by atoms with van der Waals surface area (Å²) >= 11 is 0. The lowest BCUT2D eigenvalue weighted by Crippen LogP contribution is -2.07. The van der Waals surface area contributed by atoms with Gasteiger partial charge in [0.25, 0.3) is 0 Å². The van der Waals surface area contributed by atoms with Crippen molar-refractivity contribution >= 4 is 23.0 Å². The molecule has 5 nitrogen and oxygen atoms in total. The van der Waals surface area contributed by atoms with Gasteiger partial charge in [0.05, 0.1) is 11.8 Å². The fourth-order valence-corrected chi connectivity index (χ4v) is 2.23. The van der Waals surface area contributed by atoms with Gasteiger partial charge in [-0.25, -0.2) is 9.97 Å². The molecule has 0 saturated heterocycles. The summed E-state index contributed by atoms with van der Waals surface area (Å²) < 4.78 is 5.82. The molecule has 0 unspecified atom stereocenters. The van der Waals surface area contributed by atoms with Crippen LogP contribution in [-0.4, -0.2) is 16.1 Å². The molecular weight excluding hydrogens is 300 g/mol. The van der Waals surface area contributed by atoms with Crippen LogP contribution in [-0.2, 0) is 0 Å². The fourth-order valence-electron chi connectivity index (χ4n) is 2.23. The molecular formula is C19H20N4O. The highest BCUT2D eigenvalue weighted by atomic mass is 16.5. The molecule has 2 aromatic carbocycles. The molecule has 3 rings (SSSR count). The summed E-state index contributed by atoms with van der Waals surface area (Å²) in [5, 5.41) is 6.54. The third-order valence-corrected chi connectivity index (χ3v) is 3.23. The second-order valence-corrected chi connectivity index (χ2v) is 5.57. The average molecular weight is 320 g/mol. The number of benzene rings is 2. The van der Waals surface area contributed by atoms with Crippen LogP contribution in [0.15, 0.2) is 67.0 Å². The summed E-state index contributed by atoms with van der Waals surface area (Å²) in [4.78, 5) is 8.53. The number of aromatic nitrogens is 2. The first kappa shape index (κ1) is 15.8. The highest BCUT2D eigenvalue weighted by Gasteiger charge is 2.07. The van der Waals surface area contributed by atoms with Gasteiger partial charge < -0.3 is 15.4 Å². The molecule has 0 aliphatic carbocycles. The van der Waals surface area contributed by atoms with Crippen LogP contribution in [0.5, 0.6) is 5.75 Å². The van der Waals surface area contributed by atoms with Crippen molar-refractivity contribution in [3.63, 3.8) is 0 Å². The van der Waals surface area contributed by atoms with E-state index in [1.807, 2.05) is 74.5 Å². The van der Waals surface area contributed by atoms with Crippen molar-refractivity contribution in [1.82, 2.24) is 9.97 Å². The van der Waals surface area contributed by atoms with Crippen LogP contribution < -0.4 is 15.4 Å². The molecule has 0 aliphatic heterocycles. The number of nitrogens with one attached hydrogen (secondary N) is 2. The van der Waals surface area contributed by atoms with Crippen molar-refractivity contribution in [3.8, 4) is 5.75 Å². The Morgan fingerprint density at radius 1 is 0.833 bits per heavy atom. The molecule has 1 aromatic heterocycles. The van der Waals surface area contributed by atoms with Gasteiger partial charge in [-0.05, 0) is 38.1 Å². The molecule has 1 heterocycles. The number of ether oxygens (including phenoxy) is 1. The maximum Gasteiger partial charge on any atom is 0.143 e. The second kappa shape index (κ2) is 7.46. The summed E-state index contributed by atoms with van der Waals surface area (Å²) in [5.74, 6) is 2.22. The Labute approximate surface area is 141 Å². The maximum atomic E-state index is 5.82. The maximum absolute atomic E-state index is 5.82. The van der Waals surface area contributed by atoms with Crippen LogP contribution in [0.1, 0.15) is 13.8 Å². The third-order valence-electron chi connectivity index (χ3n) is 3.23. The monoisotopic (exact) mass is 320 g/mol. The first-order valence-electron chi connectivity index (χ1n) is 7.87. The summed E-state index contributed by atoms with van der Waals surface area (Å²) in [6, 6.07) is 19.6. The number of para-hydroxylation sites is 3. The second-order valence-electron chi connectivity index (χ2n) is 5.57. The molecule has 0 aliphatic rings. The Balaban J connectivity index is 1.78.